The lowest BCUT2D eigenvalue weighted by molar-refractivity contribution is -0.122. The number of imide groups is 2. The highest BCUT2D eigenvalue weighted by atomic mass is 35.5. The van der Waals surface area contributed by atoms with Gasteiger partial charge in [0.15, 0.2) is 0 Å². The molecule has 2 aromatic carbocycles. The number of halogens is 2. The number of nitrogens with one attached hydrogen (secondary N) is 1. The summed E-state index contributed by atoms with van der Waals surface area (Å²) >= 11 is 12.2. The maximum absolute atomic E-state index is 13.1. The number of nitriles is 1. The van der Waals surface area contributed by atoms with Gasteiger partial charge < -0.3 is 4.57 Å². The fourth-order valence-electron chi connectivity index (χ4n) is 3.29. The van der Waals surface area contributed by atoms with Crippen LogP contribution in [0.4, 0.5) is 10.5 Å². The minimum Gasteiger partial charge on any atom is -0.333 e. The van der Waals surface area contributed by atoms with Gasteiger partial charge in [0.25, 0.3) is 11.8 Å². The zero-order valence-corrected chi connectivity index (χ0v) is 16.7. The molecule has 0 bridgehead atoms. The zero-order valence-electron chi connectivity index (χ0n) is 15.2. The second-order valence-corrected chi connectivity index (χ2v) is 7.20. The number of hydrogen-bond donors (Lipinski definition) is 1. The third-order valence-corrected chi connectivity index (χ3v) is 5.44. The summed E-state index contributed by atoms with van der Waals surface area (Å²) in [6.45, 7) is 0.104. The maximum Gasteiger partial charge on any atom is 0.336 e. The molecule has 4 rings (SSSR count). The smallest absolute Gasteiger partial charge is 0.333 e. The average Bonchev–Trinajstić information content (AvgIpc) is 3.06. The second kappa shape index (κ2) is 7.67. The Morgan fingerprint density at radius 1 is 1.07 bits per heavy atom. The predicted molar refractivity (Wildman–Crippen MR) is 113 cm³/mol. The van der Waals surface area contributed by atoms with Crippen LogP contribution in [-0.4, -0.2) is 22.4 Å². The summed E-state index contributed by atoms with van der Waals surface area (Å²) in [5, 5.41) is 12.1. The quantitative estimate of drug-likeness (QED) is 0.490. The van der Waals surface area contributed by atoms with Gasteiger partial charge in [-0.25, -0.2) is 9.69 Å². The molecule has 0 aliphatic carbocycles. The third kappa shape index (κ3) is 3.22. The number of anilines is 1. The Morgan fingerprint density at radius 2 is 1.83 bits per heavy atom. The molecule has 1 N–H and O–H groups in total. The Morgan fingerprint density at radius 3 is 2.60 bits per heavy atom. The van der Waals surface area contributed by atoms with Crippen molar-refractivity contribution < 1.29 is 14.4 Å². The van der Waals surface area contributed by atoms with Crippen molar-refractivity contribution in [3.8, 4) is 6.07 Å². The number of para-hydroxylation sites is 1. The fraction of sp³-hybridized carbons (Fsp3) is 0.0476. The molecule has 9 heteroatoms. The molecule has 7 nitrogen and oxygen atoms in total. The first-order valence-electron chi connectivity index (χ1n) is 8.72. The number of hydrogen-bond acceptors (Lipinski definition) is 4. The standard InChI is InChI=1S/C21H12Cl2N4O3/c22-15-5-3-7-17(18(15)23)27-20(29)14(19(28)25-21(27)30)10-12-11-26(9-8-24)16-6-2-1-4-13(12)16/h1-7,10-11H,9H2,(H,25,28,30)/b14-10+. The highest BCUT2D eigenvalue weighted by Crippen LogP contribution is 2.34. The molecule has 4 amide bonds. The number of carbonyl (C=O) groups is 3. The molecule has 148 valence electrons. The normalized spacial score (nSPS) is 15.6. The van der Waals surface area contributed by atoms with Gasteiger partial charge >= 0.3 is 6.03 Å². The number of amides is 4. The minimum atomic E-state index is -0.918. The van der Waals surface area contributed by atoms with Gasteiger partial charge in [-0.2, -0.15) is 5.26 Å². The highest BCUT2D eigenvalue weighted by molar-refractivity contribution is 6.46. The summed E-state index contributed by atoms with van der Waals surface area (Å²) in [4.78, 5) is 38.7. The molecule has 0 unspecified atom stereocenters. The number of carbonyl (C=O) groups excluding carboxylic acids is 3. The minimum absolute atomic E-state index is 0.0157. The molecule has 0 saturated carbocycles. The van der Waals surface area contributed by atoms with Crippen LogP contribution in [0.25, 0.3) is 17.0 Å². The molecule has 1 fully saturated rings. The molecule has 0 radical (unpaired) electrons. The Balaban J connectivity index is 1.84. The molecule has 2 heterocycles. The van der Waals surface area contributed by atoms with E-state index in [0.717, 1.165) is 15.8 Å². The number of fused-ring (bicyclic) bond motifs is 1. The molecular formula is C21H12Cl2N4O3. The lowest BCUT2D eigenvalue weighted by atomic mass is 10.1. The Labute approximate surface area is 180 Å². The van der Waals surface area contributed by atoms with E-state index in [2.05, 4.69) is 11.4 Å². The number of urea groups is 1. The maximum atomic E-state index is 13.1. The van der Waals surface area contributed by atoms with Crippen LogP contribution in [0.5, 0.6) is 0 Å². The fourth-order valence-corrected chi connectivity index (χ4v) is 3.67. The Kier molecular flexibility index (Phi) is 5.04. The van der Waals surface area contributed by atoms with Crippen LogP contribution in [0.3, 0.4) is 0 Å². The van der Waals surface area contributed by atoms with E-state index < -0.39 is 17.8 Å². The van der Waals surface area contributed by atoms with E-state index in [4.69, 9.17) is 28.5 Å². The van der Waals surface area contributed by atoms with Crippen molar-refractivity contribution in [1.29, 1.82) is 5.26 Å². The van der Waals surface area contributed by atoms with Crippen molar-refractivity contribution in [2.24, 2.45) is 0 Å². The molecule has 1 saturated heterocycles. The molecular weight excluding hydrogens is 427 g/mol. The van der Waals surface area contributed by atoms with Crippen molar-refractivity contribution in [3.05, 3.63) is 69.8 Å². The average molecular weight is 439 g/mol. The van der Waals surface area contributed by atoms with Gasteiger partial charge in [0.1, 0.15) is 12.1 Å². The summed E-state index contributed by atoms with van der Waals surface area (Å²) in [5.74, 6) is -1.65. The molecule has 1 aliphatic heterocycles. The van der Waals surface area contributed by atoms with Gasteiger partial charge in [-0.15, -0.1) is 0 Å². The van der Waals surface area contributed by atoms with Gasteiger partial charge in [0, 0.05) is 22.7 Å². The van der Waals surface area contributed by atoms with E-state index in [9.17, 15) is 14.4 Å². The summed E-state index contributed by atoms with van der Waals surface area (Å²) in [6, 6.07) is 13.0. The van der Waals surface area contributed by atoms with Crippen LogP contribution in [0.1, 0.15) is 5.56 Å². The summed E-state index contributed by atoms with van der Waals surface area (Å²) < 4.78 is 1.71. The van der Waals surface area contributed by atoms with Crippen molar-refractivity contribution in [2.75, 3.05) is 4.90 Å². The second-order valence-electron chi connectivity index (χ2n) is 6.42. The topological polar surface area (TPSA) is 95.2 Å². The monoisotopic (exact) mass is 438 g/mol. The Hall–Kier alpha value is -3.60. The number of aromatic nitrogens is 1. The number of benzene rings is 2. The van der Waals surface area contributed by atoms with E-state index in [1.54, 1.807) is 16.8 Å². The molecule has 0 spiro atoms. The largest absolute Gasteiger partial charge is 0.336 e. The lowest BCUT2D eigenvalue weighted by Gasteiger charge is -2.27. The molecule has 1 aromatic heterocycles. The van der Waals surface area contributed by atoms with E-state index in [1.807, 2.05) is 24.3 Å². The predicted octanol–water partition coefficient (Wildman–Crippen LogP) is 4.14. The number of nitrogens with zero attached hydrogens (tertiary/aromatic N) is 3. The van der Waals surface area contributed by atoms with Crippen LogP contribution < -0.4 is 10.2 Å². The molecule has 0 atom stereocenters. The van der Waals surface area contributed by atoms with Crippen molar-refractivity contribution >= 4 is 63.7 Å². The summed E-state index contributed by atoms with van der Waals surface area (Å²) in [5.41, 5.74) is 1.16. The van der Waals surface area contributed by atoms with Crippen LogP contribution in [0, 0.1) is 11.3 Å². The van der Waals surface area contributed by atoms with Gasteiger partial charge in [0.05, 0.1) is 21.8 Å². The molecule has 1 aliphatic rings. The molecule has 30 heavy (non-hydrogen) atoms. The highest BCUT2D eigenvalue weighted by Gasteiger charge is 2.38. The SMILES string of the molecule is N#CCn1cc(/C=C2\C(=O)NC(=O)N(c3cccc(Cl)c3Cl)C2=O)c2ccccc21. The van der Waals surface area contributed by atoms with Gasteiger partial charge in [-0.1, -0.05) is 47.5 Å². The number of rotatable bonds is 3. The van der Waals surface area contributed by atoms with E-state index in [-0.39, 0.29) is 27.9 Å². The van der Waals surface area contributed by atoms with Gasteiger partial charge in [-0.05, 0) is 24.3 Å². The third-order valence-electron chi connectivity index (χ3n) is 4.63. The zero-order chi connectivity index (χ0) is 21.4. The van der Waals surface area contributed by atoms with Crippen molar-refractivity contribution in [2.45, 2.75) is 6.54 Å². The first-order chi connectivity index (χ1) is 14.4. The van der Waals surface area contributed by atoms with Crippen LogP contribution in [0.15, 0.2) is 54.2 Å². The summed E-state index contributed by atoms with van der Waals surface area (Å²) in [7, 11) is 0. The van der Waals surface area contributed by atoms with E-state index in [1.165, 1.54) is 18.2 Å². The first kappa shape index (κ1) is 19.7. The Bertz CT molecular complexity index is 1300. The van der Waals surface area contributed by atoms with Crippen LogP contribution in [0.2, 0.25) is 10.0 Å². The lowest BCUT2D eigenvalue weighted by Crippen LogP contribution is -2.54. The van der Waals surface area contributed by atoms with Crippen molar-refractivity contribution in [1.82, 2.24) is 9.88 Å². The molecule has 3 aromatic rings. The van der Waals surface area contributed by atoms with Crippen LogP contribution >= 0.6 is 23.2 Å². The van der Waals surface area contributed by atoms with Gasteiger partial charge in [0.2, 0.25) is 0 Å². The summed E-state index contributed by atoms with van der Waals surface area (Å²) in [6.07, 6.45) is 3.07. The number of barbiturate groups is 1. The first-order valence-corrected chi connectivity index (χ1v) is 9.48. The van der Waals surface area contributed by atoms with E-state index in [0.29, 0.717) is 5.56 Å². The van der Waals surface area contributed by atoms with Crippen molar-refractivity contribution in [3.63, 3.8) is 0 Å². The van der Waals surface area contributed by atoms with Gasteiger partial charge in [-0.3, -0.25) is 14.9 Å². The van der Waals surface area contributed by atoms with E-state index >= 15 is 0 Å². The van der Waals surface area contributed by atoms with Crippen LogP contribution in [-0.2, 0) is 16.1 Å².